The maximum atomic E-state index is 10.5. The number of carbonyl (C=O) groups excluding carboxylic acids is 1. The van der Waals surface area contributed by atoms with Gasteiger partial charge in [0.25, 0.3) is 0 Å². The molecule has 0 unspecified atom stereocenters. The summed E-state index contributed by atoms with van der Waals surface area (Å²) in [7, 11) is 1.58. The fraction of sp³-hybridized carbons (Fsp3) is 0.875. The minimum absolute atomic E-state index is 0.0729. The molecule has 0 bridgehead atoms. The maximum absolute atomic E-state index is 10.5. The summed E-state index contributed by atoms with van der Waals surface area (Å²) in [6.45, 7) is 0. The number of hydrogen-bond acceptors (Lipinski definition) is 3. The van der Waals surface area contributed by atoms with Gasteiger partial charge in [0.15, 0.2) is 0 Å². The lowest BCUT2D eigenvalue weighted by Gasteiger charge is -2.30. The van der Waals surface area contributed by atoms with Crippen molar-refractivity contribution in [3.05, 3.63) is 0 Å². The van der Waals surface area contributed by atoms with E-state index >= 15 is 0 Å². The predicted octanol–water partition coefficient (Wildman–Crippen LogP) is 0.361. The molecule has 1 fully saturated rings. The van der Waals surface area contributed by atoms with Gasteiger partial charge < -0.3 is 14.6 Å². The highest BCUT2D eigenvalue weighted by atomic mass is 16.5. The van der Waals surface area contributed by atoms with Crippen LogP contribution in [0.25, 0.3) is 0 Å². The molecule has 3 heteroatoms. The first-order valence-corrected chi connectivity index (χ1v) is 3.95. The number of aliphatic hydroxyl groups excluding tert-OH is 1. The Kier molecular flexibility index (Phi) is 3.02. The fourth-order valence-electron chi connectivity index (χ4n) is 1.61. The minimum Gasteiger partial charge on any atom is -0.392 e. The van der Waals surface area contributed by atoms with Gasteiger partial charge in [-0.1, -0.05) is 0 Å². The van der Waals surface area contributed by atoms with Gasteiger partial charge in [0.2, 0.25) is 0 Å². The quantitative estimate of drug-likeness (QED) is 0.590. The zero-order chi connectivity index (χ0) is 8.27. The number of hydrogen-bond donors (Lipinski definition) is 1. The van der Waals surface area contributed by atoms with E-state index in [1.54, 1.807) is 7.11 Å². The summed E-state index contributed by atoms with van der Waals surface area (Å²) in [6, 6.07) is 0. The summed E-state index contributed by atoms with van der Waals surface area (Å²) < 4.78 is 5.07. The normalized spacial score (nSPS) is 38.5. The van der Waals surface area contributed by atoms with Crippen LogP contribution in [0.3, 0.4) is 0 Å². The summed E-state index contributed by atoms with van der Waals surface area (Å²) in [6.07, 6.45) is 2.80. The van der Waals surface area contributed by atoms with Gasteiger partial charge in [-0.25, -0.2) is 0 Å². The molecule has 0 aromatic carbocycles. The number of aliphatic hydroxyl groups is 1. The van der Waals surface area contributed by atoms with E-state index in [-0.39, 0.29) is 12.0 Å². The van der Waals surface area contributed by atoms with Crippen molar-refractivity contribution in [2.75, 3.05) is 7.11 Å². The van der Waals surface area contributed by atoms with Gasteiger partial charge in [0, 0.05) is 7.11 Å². The molecular formula is C8H14O3. The highest BCUT2D eigenvalue weighted by Gasteiger charge is 2.31. The van der Waals surface area contributed by atoms with E-state index in [9.17, 15) is 9.90 Å². The zero-order valence-electron chi connectivity index (χ0n) is 6.69. The summed E-state index contributed by atoms with van der Waals surface area (Å²) in [5, 5.41) is 9.36. The Morgan fingerprint density at radius 1 is 1.55 bits per heavy atom. The Bertz CT molecular complexity index is 135. The molecule has 1 rings (SSSR count). The molecule has 1 saturated carbocycles. The second-order valence-electron chi connectivity index (χ2n) is 2.99. The van der Waals surface area contributed by atoms with Crippen molar-refractivity contribution in [2.45, 2.75) is 31.5 Å². The highest BCUT2D eigenvalue weighted by Crippen LogP contribution is 2.25. The van der Waals surface area contributed by atoms with E-state index in [1.165, 1.54) is 0 Å². The molecule has 64 valence electrons. The molecule has 3 nitrogen and oxygen atoms in total. The van der Waals surface area contributed by atoms with E-state index in [0.29, 0.717) is 0 Å². The van der Waals surface area contributed by atoms with Gasteiger partial charge in [-0.15, -0.1) is 0 Å². The van der Waals surface area contributed by atoms with Crippen molar-refractivity contribution >= 4 is 6.29 Å². The van der Waals surface area contributed by atoms with Crippen molar-refractivity contribution in [3.63, 3.8) is 0 Å². The molecule has 0 heterocycles. The summed E-state index contributed by atoms with van der Waals surface area (Å²) in [5.74, 6) is -0.311. The van der Waals surface area contributed by atoms with Gasteiger partial charge in [0.1, 0.15) is 6.29 Å². The molecule has 11 heavy (non-hydrogen) atoms. The smallest absolute Gasteiger partial charge is 0.128 e. The first kappa shape index (κ1) is 8.68. The van der Waals surface area contributed by atoms with Crippen LogP contribution in [-0.2, 0) is 9.53 Å². The molecule has 0 spiro atoms. The number of ether oxygens (including phenoxy) is 1. The zero-order valence-corrected chi connectivity index (χ0v) is 6.69. The second-order valence-corrected chi connectivity index (χ2v) is 2.99. The highest BCUT2D eigenvalue weighted by molar-refractivity contribution is 5.55. The van der Waals surface area contributed by atoms with Crippen LogP contribution < -0.4 is 0 Å². The van der Waals surface area contributed by atoms with Crippen molar-refractivity contribution in [1.82, 2.24) is 0 Å². The third-order valence-corrected chi connectivity index (χ3v) is 2.32. The molecule has 1 aliphatic rings. The monoisotopic (exact) mass is 158 g/mol. The lowest BCUT2D eigenvalue weighted by atomic mass is 9.85. The summed E-state index contributed by atoms with van der Waals surface area (Å²) in [5.41, 5.74) is 0. The first-order chi connectivity index (χ1) is 5.29. The van der Waals surface area contributed by atoms with E-state index in [1.807, 2.05) is 0 Å². The molecule has 1 aliphatic carbocycles. The molecular weight excluding hydrogens is 144 g/mol. The SMILES string of the molecule is CO[C@H]1CCC[C@@H](O)[C@@H]1C=O. The van der Waals surface area contributed by atoms with Crippen LogP contribution in [-0.4, -0.2) is 30.7 Å². The average Bonchev–Trinajstić information content (AvgIpc) is 2.04. The van der Waals surface area contributed by atoms with E-state index in [4.69, 9.17) is 4.74 Å². The second kappa shape index (κ2) is 3.83. The van der Waals surface area contributed by atoms with Gasteiger partial charge in [-0.05, 0) is 19.3 Å². The first-order valence-electron chi connectivity index (χ1n) is 3.95. The van der Waals surface area contributed by atoms with Crippen LogP contribution in [0.5, 0.6) is 0 Å². The number of carbonyl (C=O) groups is 1. The maximum Gasteiger partial charge on any atom is 0.128 e. The molecule has 0 aromatic rings. The molecule has 3 atom stereocenters. The molecule has 0 amide bonds. The lowest BCUT2D eigenvalue weighted by molar-refractivity contribution is -0.124. The molecule has 1 N–H and O–H groups in total. The van der Waals surface area contributed by atoms with Crippen LogP contribution >= 0.6 is 0 Å². The number of rotatable bonds is 2. The van der Waals surface area contributed by atoms with Gasteiger partial charge >= 0.3 is 0 Å². The fourth-order valence-corrected chi connectivity index (χ4v) is 1.61. The largest absolute Gasteiger partial charge is 0.392 e. The molecule has 0 aromatic heterocycles. The topological polar surface area (TPSA) is 46.5 Å². The van der Waals surface area contributed by atoms with Gasteiger partial charge in [0.05, 0.1) is 18.1 Å². The van der Waals surface area contributed by atoms with Gasteiger partial charge in [-0.2, -0.15) is 0 Å². The Morgan fingerprint density at radius 3 is 2.73 bits per heavy atom. The lowest BCUT2D eigenvalue weighted by Crippen LogP contribution is -2.38. The van der Waals surface area contributed by atoms with Crippen molar-refractivity contribution in [2.24, 2.45) is 5.92 Å². The average molecular weight is 158 g/mol. The van der Waals surface area contributed by atoms with Crippen LogP contribution in [0.2, 0.25) is 0 Å². The van der Waals surface area contributed by atoms with Crippen molar-refractivity contribution in [3.8, 4) is 0 Å². The Balaban J connectivity index is 2.55. The Labute approximate surface area is 66.4 Å². The molecule has 0 saturated heterocycles. The van der Waals surface area contributed by atoms with E-state index in [2.05, 4.69) is 0 Å². The van der Waals surface area contributed by atoms with Crippen LogP contribution in [0.15, 0.2) is 0 Å². The Hall–Kier alpha value is -0.410. The van der Waals surface area contributed by atoms with Gasteiger partial charge in [-0.3, -0.25) is 0 Å². The van der Waals surface area contributed by atoms with Crippen LogP contribution in [0, 0.1) is 5.92 Å². The summed E-state index contributed by atoms with van der Waals surface area (Å²) >= 11 is 0. The van der Waals surface area contributed by atoms with Crippen LogP contribution in [0.1, 0.15) is 19.3 Å². The minimum atomic E-state index is -0.494. The van der Waals surface area contributed by atoms with E-state index in [0.717, 1.165) is 25.5 Å². The summed E-state index contributed by atoms with van der Waals surface area (Å²) in [4.78, 5) is 10.5. The third-order valence-electron chi connectivity index (χ3n) is 2.32. The molecule has 0 aliphatic heterocycles. The van der Waals surface area contributed by atoms with Crippen molar-refractivity contribution in [1.29, 1.82) is 0 Å². The van der Waals surface area contributed by atoms with Crippen molar-refractivity contribution < 1.29 is 14.6 Å². The predicted molar refractivity (Wildman–Crippen MR) is 40.2 cm³/mol. The standard InChI is InChI=1S/C8H14O3/c1-11-8-4-2-3-7(10)6(8)5-9/h5-8,10H,2-4H2,1H3/t6-,7+,8-/m0/s1. The number of aldehydes is 1. The molecule has 0 radical (unpaired) electrons. The third kappa shape index (κ3) is 1.79. The van der Waals surface area contributed by atoms with Crippen LogP contribution in [0.4, 0.5) is 0 Å². The van der Waals surface area contributed by atoms with E-state index < -0.39 is 6.10 Å². The number of methoxy groups -OCH3 is 1. The Morgan fingerprint density at radius 2 is 2.27 bits per heavy atom.